The van der Waals surface area contributed by atoms with E-state index in [1.54, 1.807) is 6.92 Å². The van der Waals surface area contributed by atoms with Crippen molar-refractivity contribution in [1.29, 1.82) is 0 Å². The Bertz CT molecular complexity index is 776. The molecule has 2 atom stereocenters. The van der Waals surface area contributed by atoms with E-state index in [-0.39, 0.29) is 6.04 Å². The second-order valence-electron chi connectivity index (χ2n) is 5.40. The van der Waals surface area contributed by atoms with Crippen LogP contribution in [0.15, 0.2) is 47.0 Å². The van der Waals surface area contributed by atoms with Gasteiger partial charge in [0.15, 0.2) is 0 Å². The summed E-state index contributed by atoms with van der Waals surface area (Å²) in [6.07, 6.45) is 5.03. The third-order valence-corrected chi connectivity index (χ3v) is 4.44. The number of fused-ring (bicyclic) bond motifs is 2. The molecule has 1 aromatic rings. The second kappa shape index (κ2) is 5.63. The molecule has 0 saturated heterocycles. The van der Waals surface area contributed by atoms with Gasteiger partial charge in [0, 0.05) is 30.0 Å². The van der Waals surface area contributed by atoms with Crippen LogP contribution in [0, 0.1) is 0 Å². The first kappa shape index (κ1) is 15.4. The van der Waals surface area contributed by atoms with Gasteiger partial charge in [-0.2, -0.15) is 0 Å². The molecule has 0 bridgehead atoms. The van der Waals surface area contributed by atoms with E-state index in [0.717, 1.165) is 21.7 Å². The van der Waals surface area contributed by atoms with E-state index in [1.807, 2.05) is 36.4 Å². The number of methoxy groups -OCH3 is 2. The Morgan fingerprint density at radius 2 is 2.00 bits per heavy atom. The van der Waals surface area contributed by atoms with Gasteiger partial charge in [-0.1, -0.05) is 23.8 Å². The molecule has 0 radical (unpaired) electrons. The maximum Gasteiger partial charge on any atom is 0.220 e. The fourth-order valence-corrected chi connectivity index (χ4v) is 3.26. The van der Waals surface area contributed by atoms with Crippen LogP contribution in [0.4, 0.5) is 0 Å². The van der Waals surface area contributed by atoms with E-state index in [2.05, 4.69) is 0 Å². The molecule has 0 amide bonds. The maximum absolute atomic E-state index is 10.1. The van der Waals surface area contributed by atoms with Crippen LogP contribution in [0.2, 0.25) is 5.02 Å². The normalized spacial score (nSPS) is 21.0. The molecule has 3 rings (SSSR count). The summed E-state index contributed by atoms with van der Waals surface area (Å²) in [6.45, 7) is 1.64. The molecular formula is C17H18ClNO3. The number of hydrogen-bond donors (Lipinski definition) is 1. The van der Waals surface area contributed by atoms with Crippen molar-refractivity contribution in [1.82, 2.24) is 0 Å². The lowest BCUT2D eigenvalue weighted by molar-refractivity contribution is -0.227. The molecule has 1 heterocycles. The smallest absolute Gasteiger partial charge is 0.220 e. The predicted molar refractivity (Wildman–Crippen MR) is 85.1 cm³/mol. The van der Waals surface area contributed by atoms with Crippen LogP contribution in [0.5, 0.6) is 0 Å². The molecule has 1 N–H and O–H groups in total. The zero-order valence-electron chi connectivity index (χ0n) is 12.7. The van der Waals surface area contributed by atoms with Crippen LogP contribution in [-0.2, 0) is 9.47 Å². The van der Waals surface area contributed by atoms with E-state index < -0.39 is 11.9 Å². The highest BCUT2D eigenvalue weighted by Gasteiger charge is 2.40. The Morgan fingerprint density at radius 3 is 2.64 bits per heavy atom. The average Bonchev–Trinajstić information content (AvgIpc) is 2.86. The lowest BCUT2D eigenvalue weighted by Gasteiger charge is -2.36. The van der Waals surface area contributed by atoms with Crippen molar-refractivity contribution in [2.24, 2.45) is 4.99 Å². The van der Waals surface area contributed by atoms with Crippen molar-refractivity contribution >= 4 is 17.2 Å². The van der Waals surface area contributed by atoms with Crippen molar-refractivity contribution < 1.29 is 14.6 Å². The van der Waals surface area contributed by atoms with Gasteiger partial charge in [-0.15, -0.1) is 0 Å². The third kappa shape index (κ3) is 2.23. The molecule has 0 spiro atoms. The molecule has 2 aliphatic rings. The molecule has 0 unspecified atom stereocenters. The summed E-state index contributed by atoms with van der Waals surface area (Å²) in [5, 5.41) is 12.7. The third-order valence-electron chi connectivity index (χ3n) is 4.21. The fraction of sp³-hybridized carbons (Fsp3) is 0.353. The van der Waals surface area contributed by atoms with Crippen LogP contribution < -0.4 is 10.6 Å². The Hall–Kier alpha value is -1.46. The largest absolute Gasteiger partial charge is 0.387 e. The molecule has 22 heavy (non-hydrogen) atoms. The van der Waals surface area contributed by atoms with Crippen LogP contribution in [0.25, 0.3) is 5.57 Å². The van der Waals surface area contributed by atoms with Gasteiger partial charge < -0.3 is 14.6 Å². The van der Waals surface area contributed by atoms with Gasteiger partial charge in [-0.25, -0.2) is 0 Å². The molecule has 4 nitrogen and oxygen atoms in total. The molecule has 0 saturated carbocycles. The van der Waals surface area contributed by atoms with Gasteiger partial charge in [0.25, 0.3) is 0 Å². The highest BCUT2D eigenvalue weighted by molar-refractivity contribution is 6.30. The minimum Gasteiger partial charge on any atom is -0.387 e. The number of ether oxygens (including phenoxy) is 2. The molecule has 116 valence electrons. The fourth-order valence-electron chi connectivity index (χ4n) is 3.09. The van der Waals surface area contributed by atoms with Gasteiger partial charge in [0.05, 0.1) is 11.4 Å². The van der Waals surface area contributed by atoms with Crippen LogP contribution >= 0.6 is 11.6 Å². The molecule has 0 fully saturated rings. The van der Waals surface area contributed by atoms with E-state index in [4.69, 9.17) is 26.1 Å². The molecule has 5 heteroatoms. The zero-order chi connectivity index (χ0) is 15.9. The van der Waals surface area contributed by atoms with Crippen molar-refractivity contribution in [3.05, 3.63) is 57.6 Å². The Morgan fingerprint density at radius 1 is 1.27 bits per heavy atom. The van der Waals surface area contributed by atoms with Crippen LogP contribution in [0.3, 0.4) is 0 Å². The van der Waals surface area contributed by atoms with E-state index in [9.17, 15) is 5.11 Å². The van der Waals surface area contributed by atoms with Gasteiger partial charge in [0.1, 0.15) is 6.10 Å². The van der Waals surface area contributed by atoms with Gasteiger partial charge in [0.2, 0.25) is 5.79 Å². The first-order valence-corrected chi connectivity index (χ1v) is 7.46. The summed E-state index contributed by atoms with van der Waals surface area (Å²) in [5.41, 5.74) is 1.84. The number of nitrogens with zero attached hydrogens (tertiary/aromatic N) is 1. The quantitative estimate of drug-likeness (QED) is 0.853. The summed E-state index contributed by atoms with van der Waals surface area (Å²) < 4.78 is 10.9. The summed E-state index contributed by atoms with van der Waals surface area (Å²) in [4.78, 5) is 4.69. The zero-order valence-corrected chi connectivity index (χ0v) is 13.5. The summed E-state index contributed by atoms with van der Waals surface area (Å²) in [7, 11) is 3.04. The van der Waals surface area contributed by atoms with Crippen molar-refractivity contribution in [3.63, 3.8) is 0 Å². The van der Waals surface area contributed by atoms with E-state index in [0.29, 0.717) is 5.02 Å². The lowest BCUT2D eigenvalue weighted by atomic mass is 9.90. The maximum atomic E-state index is 10.1. The minimum atomic E-state index is -1.19. The van der Waals surface area contributed by atoms with E-state index in [1.165, 1.54) is 14.2 Å². The lowest BCUT2D eigenvalue weighted by Crippen LogP contribution is -2.46. The molecule has 1 aliphatic heterocycles. The number of benzene rings is 1. The number of halogens is 1. The number of hydrogen-bond acceptors (Lipinski definition) is 4. The van der Waals surface area contributed by atoms with Crippen LogP contribution in [-0.4, -0.2) is 37.3 Å². The van der Waals surface area contributed by atoms with E-state index >= 15 is 0 Å². The number of rotatable bonds is 4. The van der Waals surface area contributed by atoms with Crippen LogP contribution in [0.1, 0.15) is 6.92 Å². The highest BCUT2D eigenvalue weighted by Crippen LogP contribution is 2.33. The Kier molecular flexibility index (Phi) is 3.95. The first-order valence-electron chi connectivity index (χ1n) is 7.08. The molecule has 1 aromatic carbocycles. The highest BCUT2D eigenvalue weighted by atomic mass is 35.5. The van der Waals surface area contributed by atoms with Crippen molar-refractivity contribution in [2.75, 3.05) is 14.2 Å². The molecule has 1 aliphatic carbocycles. The average molecular weight is 320 g/mol. The number of aliphatic hydroxyl groups is 1. The number of aliphatic hydroxyl groups excluding tert-OH is 1. The predicted octanol–water partition coefficient (Wildman–Crippen LogP) is 1.36. The van der Waals surface area contributed by atoms with Crippen molar-refractivity contribution in [2.45, 2.75) is 24.9 Å². The molecular weight excluding hydrogens is 302 g/mol. The summed E-state index contributed by atoms with van der Waals surface area (Å²) >= 11 is 6.07. The standard InChI is InChI=1S/C17H18ClNO3/c1-10(20)17(21-2,22-3)11-4-6-13-14-9-12(18)5-7-15(14)19-16(13)8-11/h4-10,16,20H,1-3H3/t10-,16+/m0/s1. The van der Waals surface area contributed by atoms with Crippen molar-refractivity contribution in [3.8, 4) is 0 Å². The van der Waals surface area contributed by atoms with Gasteiger partial charge >= 0.3 is 0 Å². The van der Waals surface area contributed by atoms with Gasteiger partial charge in [-0.3, -0.25) is 4.99 Å². The summed E-state index contributed by atoms with van der Waals surface area (Å²) in [6, 6.07) is 5.56. The molecule has 0 aromatic heterocycles. The SMILES string of the molecule is COC(OC)(C1=C[C@H]2N=c3ccc(Cl)cc3=C2C=C1)[C@H](C)O. The Labute approximate surface area is 134 Å². The monoisotopic (exact) mass is 319 g/mol. The Balaban J connectivity index is 2.10. The second-order valence-corrected chi connectivity index (χ2v) is 5.83. The minimum absolute atomic E-state index is 0.114. The van der Waals surface area contributed by atoms with Gasteiger partial charge in [-0.05, 0) is 36.8 Å². The summed E-state index contributed by atoms with van der Waals surface area (Å²) in [5.74, 6) is -1.19. The topological polar surface area (TPSA) is 51.0 Å². The first-order chi connectivity index (χ1) is 10.5.